The molecule has 1 aromatic heterocycles. The molecule has 4 rings (SSSR count). The minimum Gasteiger partial charge on any atom is -0.480 e. The maximum Gasteiger partial charge on any atom is 0.326 e. The molecule has 1 aliphatic rings. The largest absolute Gasteiger partial charge is 0.480 e. The number of nitrogens with one attached hydrogen (secondary N) is 1. The van der Waals surface area contributed by atoms with Gasteiger partial charge in [0.15, 0.2) is 0 Å². The van der Waals surface area contributed by atoms with Gasteiger partial charge in [-0.1, -0.05) is 24.3 Å². The summed E-state index contributed by atoms with van der Waals surface area (Å²) in [6, 6.07) is 13.9. The summed E-state index contributed by atoms with van der Waals surface area (Å²) in [5, 5.41) is 23.3. The first kappa shape index (κ1) is 18.8. The third-order valence-electron chi connectivity index (χ3n) is 5.36. The zero-order valence-corrected chi connectivity index (χ0v) is 15.7. The summed E-state index contributed by atoms with van der Waals surface area (Å²) in [6.07, 6.45) is 4.81. The van der Waals surface area contributed by atoms with Crippen LogP contribution in [-0.2, 0) is 11.2 Å². The van der Waals surface area contributed by atoms with E-state index in [-0.39, 0.29) is 5.92 Å². The van der Waals surface area contributed by atoms with Crippen molar-refractivity contribution in [2.24, 2.45) is 0 Å². The van der Waals surface area contributed by atoms with Crippen LogP contribution in [0.5, 0.6) is 0 Å². The molecule has 0 saturated carbocycles. The number of rotatable bonds is 6. The van der Waals surface area contributed by atoms with Gasteiger partial charge in [-0.3, -0.25) is 4.79 Å². The highest BCUT2D eigenvalue weighted by molar-refractivity contribution is 5.96. The molecule has 0 aliphatic heterocycles. The summed E-state index contributed by atoms with van der Waals surface area (Å²) in [6.45, 7) is 0. The van der Waals surface area contributed by atoms with Crippen LogP contribution in [0, 0.1) is 0 Å². The van der Waals surface area contributed by atoms with E-state index in [0.717, 1.165) is 19.3 Å². The SMILES string of the molecule is O=C(NC(CC1CCCc2ccccc21)C(=O)O)c1ccc(-n2cnnn2)cc1. The van der Waals surface area contributed by atoms with E-state index in [0.29, 0.717) is 17.7 Å². The fraction of sp³-hybridized carbons (Fsp3) is 0.286. The molecule has 0 fully saturated rings. The molecule has 2 aromatic carbocycles. The van der Waals surface area contributed by atoms with Gasteiger partial charge in [0.05, 0.1) is 5.69 Å². The Morgan fingerprint density at radius 3 is 2.69 bits per heavy atom. The van der Waals surface area contributed by atoms with Crippen molar-refractivity contribution >= 4 is 11.9 Å². The molecule has 0 spiro atoms. The smallest absolute Gasteiger partial charge is 0.326 e. The van der Waals surface area contributed by atoms with Crippen LogP contribution in [0.2, 0.25) is 0 Å². The molecule has 8 nitrogen and oxygen atoms in total. The van der Waals surface area contributed by atoms with E-state index in [4.69, 9.17) is 0 Å². The van der Waals surface area contributed by atoms with E-state index in [2.05, 4.69) is 33.0 Å². The summed E-state index contributed by atoms with van der Waals surface area (Å²) in [7, 11) is 0. The number of carboxylic acid groups (broad SMARTS) is 1. The molecule has 0 radical (unpaired) electrons. The number of hydrogen-bond donors (Lipinski definition) is 2. The van der Waals surface area contributed by atoms with Gasteiger partial charge in [0.25, 0.3) is 5.91 Å². The minimum absolute atomic E-state index is 0.128. The van der Waals surface area contributed by atoms with Gasteiger partial charge in [-0.15, -0.1) is 5.10 Å². The summed E-state index contributed by atoms with van der Waals surface area (Å²) >= 11 is 0. The van der Waals surface area contributed by atoms with Gasteiger partial charge in [-0.2, -0.15) is 0 Å². The lowest BCUT2D eigenvalue weighted by molar-refractivity contribution is -0.139. The van der Waals surface area contributed by atoms with Crippen molar-refractivity contribution in [1.29, 1.82) is 0 Å². The number of hydrogen-bond acceptors (Lipinski definition) is 5. The minimum atomic E-state index is -1.02. The first-order chi connectivity index (χ1) is 14.1. The van der Waals surface area contributed by atoms with Crippen molar-refractivity contribution in [3.63, 3.8) is 0 Å². The standard InChI is InChI=1S/C21H21N5O3/c27-20(15-8-10-17(11-9-15)26-13-22-24-25-26)23-19(21(28)29)12-16-6-3-5-14-4-1-2-7-18(14)16/h1-2,4,7-11,13,16,19H,3,5-6,12H2,(H,23,27)(H,28,29). The maximum atomic E-state index is 12.6. The monoisotopic (exact) mass is 391 g/mol. The van der Waals surface area contributed by atoms with Crippen molar-refractivity contribution in [2.45, 2.75) is 37.6 Å². The number of fused-ring (bicyclic) bond motifs is 1. The zero-order chi connectivity index (χ0) is 20.2. The molecule has 148 valence electrons. The molecule has 1 aliphatic carbocycles. The normalized spacial score (nSPS) is 16.6. The summed E-state index contributed by atoms with van der Waals surface area (Å²) in [5.74, 6) is -1.31. The summed E-state index contributed by atoms with van der Waals surface area (Å²) in [5.41, 5.74) is 3.57. The fourth-order valence-corrected chi connectivity index (χ4v) is 3.89. The van der Waals surface area contributed by atoms with E-state index >= 15 is 0 Å². The molecule has 29 heavy (non-hydrogen) atoms. The van der Waals surface area contributed by atoms with Gasteiger partial charge in [-0.25, -0.2) is 9.48 Å². The van der Waals surface area contributed by atoms with Gasteiger partial charge in [0.2, 0.25) is 0 Å². The molecule has 0 bridgehead atoms. The summed E-state index contributed by atoms with van der Waals surface area (Å²) < 4.78 is 1.47. The van der Waals surface area contributed by atoms with E-state index in [1.54, 1.807) is 24.3 Å². The molecule has 3 aromatic rings. The number of aliphatic carboxylic acids is 1. The number of tetrazole rings is 1. The molecule has 8 heteroatoms. The van der Waals surface area contributed by atoms with Crippen molar-refractivity contribution < 1.29 is 14.7 Å². The number of amides is 1. The van der Waals surface area contributed by atoms with Gasteiger partial charge in [0.1, 0.15) is 12.4 Å². The average molecular weight is 391 g/mol. The lowest BCUT2D eigenvalue weighted by Crippen LogP contribution is -2.42. The third kappa shape index (κ3) is 4.16. The molecular weight excluding hydrogens is 370 g/mol. The number of carboxylic acids is 1. The molecule has 2 N–H and O–H groups in total. The Labute approximate surface area is 167 Å². The van der Waals surface area contributed by atoms with E-state index < -0.39 is 17.9 Å². The van der Waals surface area contributed by atoms with Crippen LogP contribution in [0.1, 0.15) is 46.7 Å². The van der Waals surface area contributed by atoms with Crippen molar-refractivity contribution in [3.05, 3.63) is 71.5 Å². The highest BCUT2D eigenvalue weighted by Gasteiger charge is 2.28. The van der Waals surface area contributed by atoms with Crippen LogP contribution in [0.15, 0.2) is 54.9 Å². The average Bonchev–Trinajstić information content (AvgIpc) is 3.28. The molecule has 2 unspecified atom stereocenters. The van der Waals surface area contributed by atoms with Crippen molar-refractivity contribution in [1.82, 2.24) is 25.5 Å². The van der Waals surface area contributed by atoms with E-state index in [9.17, 15) is 14.7 Å². The Morgan fingerprint density at radius 2 is 1.97 bits per heavy atom. The van der Waals surface area contributed by atoms with Crippen LogP contribution in [0.3, 0.4) is 0 Å². The van der Waals surface area contributed by atoms with E-state index in [1.807, 2.05) is 12.1 Å². The second-order valence-corrected chi connectivity index (χ2v) is 7.19. The van der Waals surface area contributed by atoms with Gasteiger partial charge in [0, 0.05) is 5.56 Å². The molecule has 1 amide bonds. The third-order valence-corrected chi connectivity index (χ3v) is 5.36. The topological polar surface area (TPSA) is 110 Å². The van der Waals surface area contributed by atoms with Crippen LogP contribution in [0.4, 0.5) is 0 Å². The first-order valence-corrected chi connectivity index (χ1v) is 9.56. The van der Waals surface area contributed by atoms with Gasteiger partial charge >= 0.3 is 5.97 Å². The molecule has 0 saturated heterocycles. The zero-order valence-electron chi connectivity index (χ0n) is 15.7. The number of aryl methyl sites for hydroxylation is 1. The van der Waals surface area contributed by atoms with Crippen molar-refractivity contribution in [2.75, 3.05) is 0 Å². The summed E-state index contributed by atoms with van der Waals surface area (Å²) in [4.78, 5) is 24.4. The lowest BCUT2D eigenvalue weighted by Gasteiger charge is -2.28. The number of carbonyl (C=O) groups excluding carboxylic acids is 1. The number of nitrogens with zero attached hydrogens (tertiary/aromatic N) is 4. The highest BCUT2D eigenvalue weighted by Crippen LogP contribution is 2.34. The van der Waals surface area contributed by atoms with Crippen LogP contribution < -0.4 is 5.32 Å². The Balaban J connectivity index is 1.46. The van der Waals surface area contributed by atoms with Crippen LogP contribution in [0.25, 0.3) is 5.69 Å². The van der Waals surface area contributed by atoms with Gasteiger partial charge in [-0.05, 0) is 77.4 Å². The maximum absolute atomic E-state index is 12.6. The molecule has 1 heterocycles. The highest BCUT2D eigenvalue weighted by atomic mass is 16.4. The second kappa shape index (κ2) is 8.22. The number of aromatic nitrogens is 4. The number of carbonyl (C=O) groups is 2. The second-order valence-electron chi connectivity index (χ2n) is 7.19. The quantitative estimate of drug-likeness (QED) is 0.667. The van der Waals surface area contributed by atoms with Crippen LogP contribution >= 0.6 is 0 Å². The predicted molar refractivity (Wildman–Crippen MR) is 105 cm³/mol. The predicted octanol–water partition coefficient (Wildman–Crippen LogP) is 2.36. The molecular formula is C21H21N5O3. The Kier molecular flexibility index (Phi) is 5.33. The molecule has 2 atom stereocenters. The Hall–Kier alpha value is -3.55. The number of benzene rings is 2. The first-order valence-electron chi connectivity index (χ1n) is 9.56. The van der Waals surface area contributed by atoms with Crippen LogP contribution in [-0.4, -0.2) is 43.2 Å². The Bertz CT molecular complexity index is 1000. The lowest BCUT2D eigenvalue weighted by atomic mass is 9.79. The Morgan fingerprint density at radius 1 is 1.17 bits per heavy atom. The van der Waals surface area contributed by atoms with E-state index in [1.165, 1.54) is 22.1 Å². The fourth-order valence-electron chi connectivity index (χ4n) is 3.89. The van der Waals surface area contributed by atoms with Crippen molar-refractivity contribution in [3.8, 4) is 5.69 Å². The van der Waals surface area contributed by atoms with Gasteiger partial charge < -0.3 is 10.4 Å².